The normalized spacial score (nSPS) is 34.6. The highest BCUT2D eigenvalue weighted by Crippen LogP contribution is 2.39. The second-order valence-electron chi connectivity index (χ2n) is 6.77. The van der Waals surface area contributed by atoms with Gasteiger partial charge in [-0.1, -0.05) is 32.9 Å². The van der Waals surface area contributed by atoms with Crippen LogP contribution < -0.4 is 0 Å². The van der Waals surface area contributed by atoms with Gasteiger partial charge < -0.3 is 18.7 Å². The summed E-state index contributed by atoms with van der Waals surface area (Å²) < 4.78 is 16.7. The van der Waals surface area contributed by atoms with Crippen LogP contribution in [0, 0.1) is 0 Å². The van der Waals surface area contributed by atoms with Gasteiger partial charge in [-0.25, -0.2) is 0 Å². The van der Waals surface area contributed by atoms with Crippen molar-refractivity contribution >= 4 is 14.6 Å². The summed E-state index contributed by atoms with van der Waals surface area (Å²) in [6.07, 6.45) is 4.77. The van der Waals surface area contributed by atoms with E-state index in [9.17, 15) is 4.79 Å². The van der Waals surface area contributed by atoms with Gasteiger partial charge in [-0.15, -0.1) is 0 Å². The first-order valence-electron chi connectivity index (χ1n) is 6.83. The predicted molar refractivity (Wildman–Crippen MR) is 75.7 cm³/mol. The number of rotatable bonds is 6. The number of hydrogen-bond donors (Lipinski definition) is 0. The second-order valence-corrected chi connectivity index (χ2v) is 11.6. The smallest absolute Gasteiger partial charge is 0.192 e. The highest BCUT2D eigenvalue weighted by atomic mass is 28.4. The number of epoxide rings is 2. The lowest BCUT2D eigenvalue weighted by Crippen LogP contribution is -2.40. The molecule has 5 heteroatoms. The number of hydrogen-bond acceptors (Lipinski definition) is 4. The third-order valence-electron chi connectivity index (χ3n) is 4.25. The molecule has 4 nitrogen and oxygen atoms in total. The molecule has 19 heavy (non-hydrogen) atoms. The summed E-state index contributed by atoms with van der Waals surface area (Å²) in [5.74, 6) is 0. The van der Waals surface area contributed by atoms with Gasteiger partial charge in [-0.05, 0) is 18.1 Å². The van der Waals surface area contributed by atoms with Crippen molar-refractivity contribution in [1.82, 2.24) is 0 Å². The van der Waals surface area contributed by atoms with Gasteiger partial charge in [0.2, 0.25) is 0 Å². The van der Waals surface area contributed by atoms with Gasteiger partial charge in [-0.2, -0.15) is 0 Å². The lowest BCUT2D eigenvalue weighted by molar-refractivity contribution is -0.108. The second kappa shape index (κ2) is 5.13. The first kappa shape index (κ1) is 14.9. The Morgan fingerprint density at radius 3 is 2.26 bits per heavy atom. The predicted octanol–water partition coefficient (Wildman–Crippen LogP) is 2.30. The van der Waals surface area contributed by atoms with Gasteiger partial charge in [0.25, 0.3) is 0 Å². The van der Waals surface area contributed by atoms with Gasteiger partial charge in [-0.3, -0.25) is 0 Å². The standard InChI is InChI=1S/C14H24O4Si/c1-14(2,3)19(4,5)16-8-6-7-10-12(17-10)13-11(9-15)18-13/h6-7,9-13H,8H2,1-5H3/b7-6+/t10-,11-,12+,13+/m0/s1. The summed E-state index contributed by atoms with van der Waals surface area (Å²) in [4.78, 5) is 10.5. The quantitative estimate of drug-likeness (QED) is 0.325. The van der Waals surface area contributed by atoms with Crippen molar-refractivity contribution < 1.29 is 18.7 Å². The van der Waals surface area contributed by atoms with E-state index < -0.39 is 8.32 Å². The molecule has 2 fully saturated rings. The van der Waals surface area contributed by atoms with Crippen molar-refractivity contribution in [3.8, 4) is 0 Å². The molecule has 0 aromatic carbocycles. The van der Waals surface area contributed by atoms with E-state index in [1.54, 1.807) is 0 Å². The van der Waals surface area contributed by atoms with E-state index in [4.69, 9.17) is 13.9 Å². The van der Waals surface area contributed by atoms with Gasteiger partial charge >= 0.3 is 0 Å². The van der Waals surface area contributed by atoms with Gasteiger partial charge in [0, 0.05) is 0 Å². The molecule has 2 saturated heterocycles. The highest BCUT2D eigenvalue weighted by Gasteiger charge is 2.56. The van der Waals surface area contributed by atoms with Crippen molar-refractivity contribution in [1.29, 1.82) is 0 Å². The zero-order valence-corrected chi connectivity index (χ0v) is 13.4. The molecule has 2 heterocycles. The van der Waals surface area contributed by atoms with E-state index in [0.717, 1.165) is 6.29 Å². The molecular weight excluding hydrogens is 260 g/mol. The average molecular weight is 284 g/mol. The van der Waals surface area contributed by atoms with Crippen LogP contribution in [0.5, 0.6) is 0 Å². The van der Waals surface area contributed by atoms with Crippen molar-refractivity contribution in [3.63, 3.8) is 0 Å². The first-order valence-corrected chi connectivity index (χ1v) is 9.74. The minimum absolute atomic E-state index is 0.0199. The van der Waals surface area contributed by atoms with Crippen LogP contribution in [0.1, 0.15) is 20.8 Å². The van der Waals surface area contributed by atoms with Crippen LogP contribution >= 0.6 is 0 Å². The van der Waals surface area contributed by atoms with Crippen LogP contribution in [-0.2, 0) is 18.7 Å². The fraction of sp³-hybridized carbons (Fsp3) is 0.786. The molecule has 4 atom stereocenters. The zero-order chi connectivity index (χ0) is 14.3. The van der Waals surface area contributed by atoms with Crippen LogP contribution in [0.25, 0.3) is 0 Å². The topological polar surface area (TPSA) is 51.4 Å². The van der Waals surface area contributed by atoms with Gasteiger partial charge in [0.1, 0.15) is 24.4 Å². The maximum Gasteiger partial charge on any atom is 0.192 e. The number of carbonyl (C=O) groups is 1. The fourth-order valence-electron chi connectivity index (χ4n) is 1.73. The van der Waals surface area contributed by atoms with Crippen LogP contribution in [0.2, 0.25) is 18.1 Å². The van der Waals surface area contributed by atoms with Gasteiger partial charge in [0.15, 0.2) is 14.6 Å². The van der Waals surface area contributed by atoms with E-state index in [1.165, 1.54) is 0 Å². The monoisotopic (exact) mass is 284 g/mol. The number of ether oxygens (including phenoxy) is 2. The van der Waals surface area contributed by atoms with E-state index in [-0.39, 0.29) is 29.5 Å². The van der Waals surface area contributed by atoms with Crippen molar-refractivity contribution in [2.24, 2.45) is 0 Å². The Morgan fingerprint density at radius 1 is 1.16 bits per heavy atom. The van der Waals surface area contributed by atoms with Crippen LogP contribution in [0.4, 0.5) is 0 Å². The Balaban J connectivity index is 1.67. The highest BCUT2D eigenvalue weighted by molar-refractivity contribution is 6.74. The van der Waals surface area contributed by atoms with Crippen LogP contribution in [0.3, 0.4) is 0 Å². The third-order valence-corrected chi connectivity index (χ3v) is 8.75. The SMILES string of the molecule is CC(C)(C)[Si](C)(C)OC/C=C/[C@@H]1O[C@H]1[C@@H]1O[C@H]1C=O. The van der Waals surface area contributed by atoms with Crippen LogP contribution in [-0.4, -0.2) is 45.6 Å². The molecule has 2 rings (SSSR count). The zero-order valence-electron chi connectivity index (χ0n) is 12.4. The first-order chi connectivity index (χ1) is 8.76. The Bertz CT molecular complexity index is 372. The molecule has 0 aliphatic carbocycles. The van der Waals surface area contributed by atoms with Crippen molar-refractivity contribution in [2.75, 3.05) is 6.61 Å². The molecule has 0 unspecified atom stereocenters. The van der Waals surface area contributed by atoms with Crippen molar-refractivity contribution in [2.45, 2.75) is 63.3 Å². The molecule has 0 saturated carbocycles. The fourth-order valence-corrected chi connectivity index (χ4v) is 2.67. The van der Waals surface area contributed by atoms with E-state index >= 15 is 0 Å². The average Bonchev–Trinajstić information content (AvgIpc) is 3.16. The molecule has 0 aromatic rings. The molecule has 0 amide bonds. The molecule has 0 spiro atoms. The molecule has 2 aliphatic rings. The van der Waals surface area contributed by atoms with Crippen LogP contribution in [0.15, 0.2) is 12.2 Å². The summed E-state index contributed by atoms with van der Waals surface area (Å²) in [5, 5.41) is 0.235. The lowest BCUT2D eigenvalue weighted by atomic mass is 10.2. The molecule has 0 radical (unpaired) electrons. The Kier molecular flexibility index (Phi) is 4.02. The Hall–Kier alpha value is -0.493. The van der Waals surface area contributed by atoms with Gasteiger partial charge in [0.05, 0.1) is 6.61 Å². The number of aldehydes is 1. The summed E-state index contributed by atoms with van der Waals surface area (Å²) in [6.45, 7) is 11.8. The largest absolute Gasteiger partial charge is 0.413 e. The molecule has 2 aliphatic heterocycles. The summed E-state index contributed by atoms with van der Waals surface area (Å²) in [6, 6.07) is 0. The third kappa shape index (κ3) is 3.54. The van der Waals surface area contributed by atoms with E-state index in [1.807, 2.05) is 12.2 Å². The summed E-state index contributed by atoms with van der Waals surface area (Å²) >= 11 is 0. The summed E-state index contributed by atoms with van der Waals surface area (Å²) in [7, 11) is -1.66. The molecule has 0 bridgehead atoms. The minimum Gasteiger partial charge on any atom is -0.413 e. The Labute approximate surface area is 116 Å². The molecule has 108 valence electrons. The van der Waals surface area contributed by atoms with E-state index in [2.05, 4.69) is 33.9 Å². The van der Waals surface area contributed by atoms with E-state index in [0.29, 0.717) is 6.61 Å². The maximum absolute atomic E-state index is 10.5. The lowest BCUT2D eigenvalue weighted by Gasteiger charge is -2.35. The number of carbonyl (C=O) groups excluding carboxylic acids is 1. The minimum atomic E-state index is -1.66. The molecule has 0 N–H and O–H groups in total. The summed E-state index contributed by atoms with van der Waals surface area (Å²) in [5.41, 5.74) is 0. The van der Waals surface area contributed by atoms with Crippen molar-refractivity contribution in [3.05, 3.63) is 12.2 Å². The molecule has 0 aromatic heterocycles. The molecular formula is C14H24O4Si. The maximum atomic E-state index is 10.5. The Morgan fingerprint density at radius 2 is 1.74 bits per heavy atom.